The van der Waals surface area contributed by atoms with Crippen molar-refractivity contribution in [2.45, 2.75) is 13.3 Å². The van der Waals surface area contributed by atoms with E-state index in [0.29, 0.717) is 0 Å². The van der Waals surface area contributed by atoms with Crippen molar-refractivity contribution in [2.75, 3.05) is 29.5 Å². The predicted molar refractivity (Wildman–Crippen MR) is 78.8 cm³/mol. The number of hydrogen-bond donors (Lipinski definition) is 1. The van der Waals surface area contributed by atoms with Gasteiger partial charge in [0.25, 0.3) is 0 Å². The molecule has 1 fully saturated rings. The largest absolute Gasteiger partial charge is 0.478 e. The predicted octanol–water partition coefficient (Wildman–Crippen LogP) is 1.77. The van der Waals surface area contributed by atoms with Crippen LogP contribution in [-0.4, -0.2) is 45.5 Å². The number of aliphatic carboxylic acids is 1. The quantitative estimate of drug-likeness (QED) is 0.856. The Morgan fingerprint density at radius 1 is 1.42 bits per heavy atom. The van der Waals surface area contributed by atoms with Crippen molar-refractivity contribution in [3.05, 3.63) is 17.3 Å². The SMILES string of the molecule is Cc1nn(C)c(N2CCCSCC2)c1/C=C/C(=O)O. The van der Waals surface area contributed by atoms with Gasteiger partial charge in [0.1, 0.15) is 5.82 Å². The summed E-state index contributed by atoms with van der Waals surface area (Å²) >= 11 is 1.97. The molecule has 1 N–H and O–H groups in total. The van der Waals surface area contributed by atoms with Crippen LogP contribution in [0, 0.1) is 6.92 Å². The van der Waals surface area contributed by atoms with E-state index in [2.05, 4.69) is 10.00 Å². The Balaban J connectivity index is 2.34. The highest BCUT2D eigenvalue weighted by molar-refractivity contribution is 7.99. The Kier molecular flexibility index (Phi) is 4.52. The third-order valence-corrected chi connectivity index (χ3v) is 4.20. The smallest absolute Gasteiger partial charge is 0.328 e. The molecule has 0 radical (unpaired) electrons. The number of nitrogens with zero attached hydrogens (tertiary/aromatic N) is 3. The number of hydrogen-bond acceptors (Lipinski definition) is 4. The molecule has 6 heteroatoms. The molecule has 5 nitrogen and oxygen atoms in total. The van der Waals surface area contributed by atoms with Gasteiger partial charge < -0.3 is 10.0 Å². The number of carboxylic acids is 1. The van der Waals surface area contributed by atoms with Crippen molar-refractivity contribution in [3.63, 3.8) is 0 Å². The van der Waals surface area contributed by atoms with Crippen LogP contribution in [0.4, 0.5) is 5.82 Å². The minimum absolute atomic E-state index is 0.868. The Morgan fingerprint density at radius 3 is 2.95 bits per heavy atom. The summed E-state index contributed by atoms with van der Waals surface area (Å²) in [6.45, 7) is 3.90. The first-order valence-electron chi connectivity index (χ1n) is 6.37. The molecule has 0 amide bonds. The summed E-state index contributed by atoms with van der Waals surface area (Å²) in [4.78, 5) is 13.0. The minimum atomic E-state index is -0.930. The van der Waals surface area contributed by atoms with E-state index in [4.69, 9.17) is 5.11 Å². The standard InChI is InChI=1S/C13H19N3O2S/c1-10-11(4-5-12(17)18)13(15(2)14-10)16-6-3-8-19-9-7-16/h4-5H,3,6-9H2,1-2H3,(H,17,18)/b5-4+. The van der Waals surface area contributed by atoms with E-state index in [0.717, 1.165) is 42.3 Å². The number of aromatic nitrogens is 2. The first-order valence-corrected chi connectivity index (χ1v) is 7.52. The molecule has 19 heavy (non-hydrogen) atoms. The van der Waals surface area contributed by atoms with E-state index in [-0.39, 0.29) is 0 Å². The number of carboxylic acid groups (broad SMARTS) is 1. The van der Waals surface area contributed by atoms with Crippen LogP contribution in [0.25, 0.3) is 6.08 Å². The molecule has 1 aromatic rings. The topological polar surface area (TPSA) is 58.4 Å². The van der Waals surface area contributed by atoms with Gasteiger partial charge in [0, 0.05) is 37.5 Å². The molecule has 104 valence electrons. The van der Waals surface area contributed by atoms with Crippen LogP contribution < -0.4 is 4.90 Å². The summed E-state index contributed by atoms with van der Waals surface area (Å²) in [5.41, 5.74) is 1.78. The molecule has 0 saturated carbocycles. The molecule has 2 heterocycles. The Hall–Kier alpha value is -1.43. The fourth-order valence-corrected chi connectivity index (χ4v) is 3.23. The van der Waals surface area contributed by atoms with Gasteiger partial charge in [-0.05, 0) is 25.2 Å². The van der Waals surface area contributed by atoms with E-state index in [1.807, 2.05) is 30.4 Å². The first-order chi connectivity index (χ1) is 9.09. The fraction of sp³-hybridized carbons (Fsp3) is 0.538. The zero-order valence-electron chi connectivity index (χ0n) is 11.3. The number of aryl methyl sites for hydroxylation is 2. The summed E-state index contributed by atoms with van der Waals surface area (Å²) < 4.78 is 1.85. The van der Waals surface area contributed by atoms with Crippen molar-refractivity contribution >= 4 is 29.6 Å². The molecule has 0 bridgehead atoms. The maximum absolute atomic E-state index is 10.7. The van der Waals surface area contributed by atoms with Crippen molar-refractivity contribution < 1.29 is 9.90 Å². The molecular formula is C13H19N3O2S. The second-order valence-corrected chi connectivity index (χ2v) is 5.80. The van der Waals surface area contributed by atoms with Gasteiger partial charge >= 0.3 is 5.97 Å². The molecule has 1 aromatic heterocycles. The maximum Gasteiger partial charge on any atom is 0.328 e. The molecule has 1 saturated heterocycles. The van der Waals surface area contributed by atoms with Crippen molar-refractivity contribution in [1.29, 1.82) is 0 Å². The van der Waals surface area contributed by atoms with Gasteiger partial charge in [-0.15, -0.1) is 0 Å². The molecule has 0 atom stereocenters. The average molecular weight is 281 g/mol. The van der Waals surface area contributed by atoms with Crippen LogP contribution in [0.1, 0.15) is 17.7 Å². The molecular weight excluding hydrogens is 262 g/mol. The zero-order chi connectivity index (χ0) is 13.8. The van der Waals surface area contributed by atoms with Gasteiger partial charge in [0.15, 0.2) is 0 Å². The summed E-state index contributed by atoms with van der Waals surface area (Å²) in [6, 6.07) is 0. The van der Waals surface area contributed by atoms with Gasteiger partial charge in [-0.25, -0.2) is 4.79 Å². The van der Waals surface area contributed by atoms with Crippen molar-refractivity contribution in [3.8, 4) is 0 Å². The minimum Gasteiger partial charge on any atom is -0.478 e. The Bertz CT molecular complexity index is 488. The lowest BCUT2D eigenvalue weighted by molar-refractivity contribution is -0.131. The lowest BCUT2D eigenvalue weighted by Gasteiger charge is -2.23. The molecule has 0 aromatic carbocycles. The highest BCUT2D eigenvalue weighted by atomic mass is 32.2. The summed E-state index contributed by atoms with van der Waals surface area (Å²) in [7, 11) is 1.92. The molecule has 0 unspecified atom stereocenters. The molecule has 0 aliphatic carbocycles. The molecule has 0 spiro atoms. The Morgan fingerprint density at radius 2 is 2.21 bits per heavy atom. The average Bonchev–Trinajstić information content (AvgIpc) is 2.57. The molecule has 1 aliphatic rings. The van der Waals surface area contributed by atoms with E-state index in [1.54, 1.807) is 6.08 Å². The van der Waals surface area contributed by atoms with Crippen LogP contribution in [-0.2, 0) is 11.8 Å². The van der Waals surface area contributed by atoms with Crippen LogP contribution in [0.5, 0.6) is 0 Å². The number of thioether (sulfide) groups is 1. The van der Waals surface area contributed by atoms with Crippen LogP contribution in [0.15, 0.2) is 6.08 Å². The summed E-state index contributed by atoms with van der Waals surface area (Å²) in [6.07, 6.45) is 3.98. The van der Waals surface area contributed by atoms with Gasteiger partial charge in [-0.3, -0.25) is 4.68 Å². The number of anilines is 1. The summed E-state index contributed by atoms with van der Waals surface area (Å²) in [5, 5.41) is 13.2. The van der Waals surface area contributed by atoms with Gasteiger partial charge in [-0.2, -0.15) is 16.9 Å². The lowest BCUT2D eigenvalue weighted by Crippen LogP contribution is -2.28. The lowest BCUT2D eigenvalue weighted by atomic mass is 10.2. The monoisotopic (exact) mass is 281 g/mol. The summed E-state index contributed by atoms with van der Waals surface area (Å²) in [5.74, 6) is 2.39. The van der Waals surface area contributed by atoms with Crippen LogP contribution in [0.2, 0.25) is 0 Å². The molecule has 2 rings (SSSR count). The second-order valence-electron chi connectivity index (χ2n) is 4.57. The Labute approximate surface area is 117 Å². The number of rotatable bonds is 3. The highest BCUT2D eigenvalue weighted by Gasteiger charge is 2.19. The highest BCUT2D eigenvalue weighted by Crippen LogP contribution is 2.26. The van der Waals surface area contributed by atoms with Gasteiger partial charge in [0.2, 0.25) is 0 Å². The van der Waals surface area contributed by atoms with E-state index in [9.17, 15) is 4.79 Å². The van der Waals surface area contributed by atoms with Crippen LogP contribution >= 0.6 is 11.8 Å². The number of carbonyl (C=O) groups is 1. The third kappa shape index (κ3) is 3.32. The van der Waals surface area contributed by atoms with Crippen molar-refractivity contribution in [2.24, 2.45) is 7.05 Å². The zero-order valence-corrected chi connectivity index (χ0v) is 12.1. The van der Waals surface area contributed by atoms with Gasteiger partial charge in [0.05, 0.1) is 5.69 Å². The van der Waals surface area contributed by atoms with Gasteiger partial charge in [-0.1, -0.05) is 0 Å². The maximum atomic E-state index is 10.7. The molecule has 1 aliphatic heterocycles. The van der Waals surface area contributed by atoms with E-state index >= 15 is 0 Å². The van der Waals surface area contributed by atoms with E-state index in [1.165, 1.54) is 11.8 Å². The first kappa shape index (κ1) is 14.0. The third-order valence-electron chi connectivity index (χ3n) is 3.15. The van der Waals surface area contributed by atoms with Crippen molar-refractivity contribution in [1.82, 2.24) is 9.78 Å². The van der Waals surface area contributed by atoms with E-state index < -0.39 is 5.97 Å². The van der Waals surface area contributed by atoms with Crippen LogP contribution in [0.3, 0.4) is 0 Å². The fourth-order valence-electron chi connectivity index (χ4n) is 2.35. The normalized spacial score (nSPS) is 16.8. The second kappa shape index (κ2) is 6.14.